The summed E-state index contributed by atoms with van der Waals surface area (Å²) in [5, 5.41) is 14.4. The number of nitrogens with zero attached hydrogens (tertiary/aromatic N) is 1. The second kappa shape index (κ2) is 10.0. The summed E-state index contributed by atoms with van der Waals surface area (Å²) in [6.07, 6.45) is 8.14. The molecule has 0 aliphatic heterocycles. The van der Waals surface area contributed by atoms with Gasteiger partial charge in [0.05, 0.1) is 19.2 Å². The van der Waals surface area contributed by atoms with Crippen LogP contribution in [0.4, 0.5) is 4.39 Å². The summed E-state index contributed by atoms with van der Waals surface area (Å²) in [6.45, 7) is 1.36. The van der Waals surface area contributed by atoms with Crippen molar-refractivity contribution in [2.24, 2.45) is 0 Å². The summed E-state index contributed by atoms with van der Waals surface area (Å²) in [4.78, 5) is 12.3. The number of carboxylic acid groups (broad SMARTS) is 1. The topological polar surface area (TPSA) is 63.5 Å². The molecule has 0 fully saturated rings. The fraction of sp³-hybridized carbons (Fsp3) is 0.346. The van der Waals surface area contributed by atoms with Gasteiger partial charge in [-0.15, -0.1) is 0 Å². The van der Waals surface area contributed by atoms with E-state index in [0.29, 0.717) is 23.4 Å². The highest BCUT2D eigenvalue weighted by atomic mass is 19.1. The van der Waals surface area contributed by atoms with Crippen LogP contribution in [0.15, 0.2) is 54.1 Å². The van der Waals surface area contributed by atoms with E-state index in [1.807, 2.05) is 18.2 Å². The zero-order valence-electron chi connectivity index (χ0n) is 18.4. The number of rotatable bonds is 9. The number of hydrogen-bond donors (Lipinski definition) is 2. The van der Waals surface area contributed by atoms with E-state index in [9.17, 15) is 14.3 Å². The predicted octanol–water partition coefficient (Wildman–Crippen LogP) is 5.52. The van der Waals surface area contributed by atoms with Gasteiger partial charge in [-0.05, 0) is 56.8 Å². The van der Waals surface area contributed by atoms with Gasteiger partial charge in [0.15, 0.2) is 0 Å². The number of aromatic carboxylic acids is 1. The minimum absolute atomic E-state index is 0.130. The Balaban J connectivity index is 1.67. The average molecular weight is 437 g/mol. The summed E-state index contributed by atoms with van der Waals surface area (Å²) in [5.74, 6) is -0.747. The summed E-state index contributed by atoms with van der Waals surface area (Å²) in [5.41, 5.74) is 3.54. The molecule has 168 valence electrons. The van der Waals surface area contributed by atoms with E-state index in [1.54, 1.807) is 29.9 Å². The number of carbonyl (C=O) groups is 1. The summed E-state index contributed by atoms with van der Waals surface area (Å²) in [7, 11) is 1.58. The van der Waals surface area contributed by atoms with Crippen LogP contribution in [0.3, 0.4) is 0 Å². The normalized spacial score (nSPS) is 13.9. The first-order valence-electron chi connectivity index (χ1n) is 11.1. The first kappa shape index (κ1) is 22.1. The van der Waals surface area contributed by atoms with Crippen molar-refractivity contribution in [2.45, 2.75) is 45.2 Å². The fourth-order valence-corrected chi connectivity index (χ4v) is 4.51. The zero-order valence-corrected chi connectivity index (χ0v) is 18.4. The second-order valence-electron chi connectivity index (χ2n) is 8.23. The zero-order chi connectivity index (χ0) is 22.5. The molecule has 0 atom stereocenters. The van der Waals surface area contributed by atoms with Crippen molar-refractivity contribution in [3.8, 4) is 5.75 Å². The molecular formula is C26H29FN2O3. The van der Waals surface area contributed by atoms with Crippen molar-refractivity contribution in [1.29, 1.82) is 0 Å². The Morgan fingerprint density at radius 3 is 2.78 bits per heavy atom. The Hall–Kier alpha value is -3.12. The molecule has 0 unspecified atom stereocenters. The number of halogens is 1. The fourth-order valence-electron chi connectivity index (χ4n) is 4.51. The van der Waals surface area contributed by atoms with Crippen molar-refractivity contribution >= 4 is 16.9 Å². The van der Waals surface area contributed by atoms with Crippen molar-refractivity contribution in [3.63, 3.8) is 0 Å². The lowest BCUT2D eigenvalue weighted by Gasteiger charge is -2.13. The van der Waals surface area contributed by atoms with Gasteiger partial charge in [-0.2, -0.15) is 0 Å². The van der Waals surface area contributed by atoms with Gasteiger partial charge in [-0.3, -0.25) is 0 Å². The van der Waals surface area contributed by atoms with Gasteiger partial charge in [0.1, 0.15) is 17.3 Å². The van der Waals surface area contributed by atoms with Crippen molar-refractivity contribution in [2.75, 3.05) is 13.7 Å². The maximum absolute atomic E-state index is 14.4. The molecule has 1 heterocycles. The Bertz CT molecular complexity index is 1150. The second-order valence-corrected chi connectivity index (χ2v) is 8.23. The van der Waals surface area contributed by atoms with E-state index < -0.39 is 5.97 Å². The number of methoxy groups -OCH3 is 1. The van der Waals surface area contributed by atoms with E-state index in [4.69, 9.17) is 4.74 Å². The van der Waals surface area contributed by atoms with Crippen LogP contribution < -0.4 is 10.1 Å². The Kier molecular flexibility index (Phi) is 6.90. The highest BCUT2D eigenvalue weighted by Crippen LogP contribution is 2.31. The van der Waals surface area contributed by atoms with Gasteiger partial charge in [-0.1, -0.05) is 29.8 Å². The molecule has 0 saturated carbocycles. The standard InChI is InChI=1S/C26H29FN2O3/c1-32-20-11-12-21-22(16-28-14-13-18-7-3-2-4-8-18)25(26(30)31)29(24(21)15-20)17-19-9-5-6-10-23(19)27/h5-7,9-12,15,28H,2-4,8,13-14,16-17H2,1H3,(H,30,31). The Labute approximate surface area is 187 Å². The van der Waals surface area contributed by atoms with E-state index in [-0.39, 0.29) is 18.1 Å². The molecule has 6 heteroatoms. The van der Waals surface area contributed by atoms with Crippen molar-refractivity contribution in [3.05, 3.63) is 76.8 Å². The van der Waals surface area contributed by atoms with Gasteiger partial charge in [0.25, 0.3) is 0 Å². The highest BCUT2D eigenvalue weighted by Gasteiger charge is 2.23. The third-order valence-electron chi connectivity index (χ3n) is 6.18. The first-order valence-corrected chi connectivity index (χ1v) is 11.1. The number of carboxylic acids is 1. The monoisotopic (exact) mass is 436 g/mol. The molecule has 1 aliphatic rings. The molecule has 1 aromatic heterocycles. The molecular weight excluding hydrogens is 407 g/mol. The molecule has 32 heavy (non-hydrogen) atoms. The third-order valence-corrected chi connectivity index (χ3v) is 6.18. The van der Waals surface area contributed by atoms with Gasteiger partial charge in [-0.25, -0.2) is 9.18 Å². The van der Waals surface area contributed by atoms with Gasteiger partial charge >= 0.3 is 5.97 Å². The number of allylic oxidation sites excluding steroid dienone is 1. The third kappa shape index (κ3) is 4.70. The van der Waals surface area contributed by atoms with Crippen LogP contribution in [0.25, 0.3) is 10.9 Å². The smallest absolute Gasteiger partial charge is 0.352 e. The number of aromatic nitrogens is 1. The molecule has 2 N–H and O–H groups in total. The average Bonchev–Trinajstić information content (AvgIpc) is 3.11. The van der Waals surface area contributed by atoms with Crippen LogP contribution in [0, 0.1) is 5.82 Å². The van der Waals surface area contributed by atoms with Crippen molar-refractivity contribution in [1.82, 2.24) is 9.88 Å². The lowest BCUT2D eigenvalue weighted by atomic mass is 9.97. The molecule has 0 saturated heterocycles. The van der Waals surface area contributed by atoms with Crippen LogP contribution in [-0.4, -0.2) is 29.3 Å². The summed E-state index contributed by atoms with van der Waals surface area (Å²) in [6, 6.07) is 12.0. The van der Waals surface area contributed by atoms with Crippen molar-refractivity contribution < 1.29 is 19.0 Å². The predicted molar refractivity (Wildman–Crippen MR) is 124 cm³/mol. The Morgan fingerprint density at radius 1 is 1.22 bits per heavy atom. The molecule has 0 spiro atoms. The number of nitrogens with one attached hydrogen (secondary N) is 1. The minimum atomic E-state index is -1.02. The largest absolute Gasteiger partial charge is 0.497 e. The van der Waals surface area contributed by atoms with Crippen LogP contribution >= 0.6 is 0 Å². The lowest BCUT2D eigenvalue weighted by Crippen LogP contribution is -2.19. The van der Waals surface area contributed by atoms with Crippen LogP contribution in [0.1, 0.15) is 53.7 Å². The van der Waals surface area contributed by atoms with Gasteiger partial charge < -0.3 is 19.7 Å². The molecule has 0 radical (unpaired) electrons. The van der Waals surface area contributed by atoms with E-state index in [0.717, 1.165) is 36.7 Å². The quantitative estimate of drug-likeness (QED) is 0.343. The summed E-state index contributed by atoms with van der Waals surface area (Å²) >= 11 is 0. The maximum atomic E-state index is 14.4. The minimum Gasteiger partial charge on any atom is -0.497 e. The molecule has 0 bridgehead atoms. The number of hydrogen-bond acceptors (Lipinski definition) is 3. The first-order chi connectivity index (χ1) is 15.6. The molecule has 5 nitrogen and oxygen atoms in total. The van der Waals surface area contributed by atoms with E-state index in [1.165, 1.54) is 24.5 Å². The SMILES string of the molecule is COc1ccc2c(CNCCC3=CCCCC3)c(C(=O)O)n(Cc3ccccc3F)c2c1. The molecule has 3 aromatic rings. The van der Waals surface area contributed by atoms with Gasteiger partial charge in [0.2, 0.25) is 0 Å². The molecule has 0 amide bonds. The molecule has 4 rings (SSSR count). The highest BCUT2D eigenvalue weighted by molar-refractivity contribution is 5.98. The maximum Gasteiger partial charge on any atom is 0.352 e. The molecule has 2 aromatic carbocycles. The van der Waals surface area contributed by atoms with Crippen LogP contribution in [0.2, 0.25) is 0 Å². The summed E-state index contributed by atoms with van der Waals surface area (Å²) < 4.78 is 21.4. The van der Waals surface area contributed by atoms with Gasteiger partial charge in [0, 0.05) is 29.1 Å². The number of ether oxygens (including phenoxy) is 1. The number of fused-ring (bicyclic) bond motifs is 1. The number of benzene rings is 2. The molecule has 1 aliphatic carbocycles. The Morgan fingerprint density at radius 2 is 2.06 bits per heavy atom. The van der Waals surface area contributed by atoms with E-state index >= 15 is 0 Å². The van der Waals surface area contributed by atoms with Crippen LogP contribution in [0.5, 0.6) is 5.75 Å². The lowest BCUT2D eigenvalue weighted by molar-refractivity contribution is 0.0684. The van der Waals surface area contributed by atoms with Crippen LogP contribution in [-0.2, 0) is 13.1 Å². The van der Waals surface area contributed by atoms with E-state index in [2.05, 4.69) is 11.4 Å².